The Hall–Kier alpha value is -0.810. The van der Waals surface area contributed by atoms with Gasteiger partial charge in [-0.05, 0) is 66.7 Å². The summed E-state index contributed by atoms with van der Waals surface area (Å²) >= 11 is 0. The second kappa shape index (κ2) is 32.4. The van der Waals surface area contributed by atoms with Crippen LogP contribution >= 0.6 is 0 Å². The number of carbonyl (C=O) groups excluding carboxylic acids is 1. The van der Waals surface area contributed by atoms with Gasteiger partial charge in [-0.1, -0.05) is 162 Å². The number of amides is 1. The van der Waals surface area contributed by atoms with Gasteiger partial charge in [0.2, 0.25) is 0 Å². The average molecular weight is 668 g/mol. The molecule has 0 aliphatic heterocycles. The van der Waals surface area contributed by atoms with Gasteiger partial charge in [0.25, 0.3) is 0 Å². The average Bonchev–Trinajstić information content (AvgIpc) is 3.02. The zero-order valence-corrected chi connectivity index (χ0v) is 33.1. The van der Waals surface area contributed by atoms with Crippen molar-refractivity contribution in [2.75, 3.05) is 19.8 Å². The molecule has 5 heteroatoms. The van der Waals surface area contributed by atoms with E-state index < -0.39 is 0 Å². The molecule has 1 atom stereocenters. The van der Waals surface area contributed by atoms with E-state index in [-0.39, 0.29) is 23.4 Å². The van der Waals surface area contributed by atoms with Crippen LogP contribution in [0.5, 0.6) is 0 Å². The van der Waals surface area contributed by atoms with Crippen LogP contribution in [0.15, 0.2) is 0 Å². The molecule has 0 spiro atoms. The number of ether oxygens (including phenoxy) is 3. The predicted molar refractivity (Wildman–Crippen MR) is 205 cm³/mol. The van der Waals surface area contributed by atoms with Crippen molar-refractivity contribution in [3.63, 3.8) is 0 Å². The maximum Gasteiger partial charge on any atom is 0.407 e. The lowest BCUT2D eigenvalue weighted by molar-refractivity contribution is -0.114. The van der Waals surface area contributed by atoms with E-state index in [0.29, 0.717) is 19.8 Å². The molecule has 1 amide bonds. The van der Waals surface area contributed by atoms with E-state index in [0.717, 1.165) is 32.1 Å². The zero-order chi connectivity index (χ0) is 34.9. The van der Waals surface area contributed by atoms with E-state index >= 15 is 0 Å². The number of unbranched alkanes of at least 4 members (excludes halogenated alkanes) is 23. The van der Waals surface area contributed by atoms with Crippen molar-refractivity contribution >= 4 is 6.09 Å². The molecule has 282 valence electrons. The van der Waals surface area contributed by atoms with Crippen molar-refractivity contribution in [3.05, 3.63) is 0 Å². The number of hydrogen-bond donors (Lipinski definition) is 1. The first-order chi connectivity index (χ1) is 22.6. The standard InChI is InChI=1S/C42H85NO4/c1-8-10-12-14-16-18-20-22-24-26-28-30-32-35-39(34-31-29-27-25-23-21-19-17-15-13-11-9-2)47-40(44)43-36-33-37-45-42(6,7)38-46-41(3,4)5/h39H,8-38H2,1-7H3,(H,43,44). The minimum atomic E-state index is -0.346. The molecule has 0 heterocycles. The molecule has 0 aromatic rings. The largest absolute Gasteiger partial charge is 0.446 e. The van der Waals surface area contributed by atoms with Crippen molar-refractivity contribution in [1.82, 2.24) is 5.32 Å². The Kier molecular flexibility index (Phi) is 31.8. The van der Waals surface area contributed by atoms with E-state index in [2.05, 4.69) is 53.8 Å². The lowest BCUT2D eigenvalue weighted by Crippen LogP contribution is -2.36. The highest BCUT2D eigenvalue weighted by molar-refractivity contribution is 5.67. The molecule has 0 saturated carbocycles. The lowest BCUT2D eigenvalue weighted by Gasteiger charge is -2.30. The van der Waals surface area contributed by atoms with Crippen LogP contribution in [0.2, 0.25) is 0 Å². The summed E-state index contributed by atoms with van der Waals surface area (Å²) in [5.41, 5.74) is -0.524. The number of nitrogens with one attached hydrogen (secondary N) is 1. The van der Waals surface area contributed by atoms with Crippen LogP contribution in [0.3, 0.4) is 0 Å². The molecular weight excluding hydrogens is 582 g/mol. The van der Waals surface area contributed by atoms with Gasteiger partial charge < -0.3 is 19.5 Å². The minimum absolute atomic E-state index is 0.0376. The van der Waals surface area contributed by atoms with Crippen molar-refractivity contribution in [2.24, 2.45) is 0 Å². The molecule has 47 heavy (non-hydrogen) atoms. The quantitative estimate of drug-likeness (QED) is 0.0683. The maximum atomic E-state index is 12.7. The van der Waals surface area contributed by atoms with Gasteiger partial charge in [0.1, 0.15) is 6.10 Å². The predicted octanol–water partition coefficient (Wildman–Crippen LogP) is 13.7. The SMILES string of the molecule is CCCCCCCCCCCCCCCC(CCCCCCCCCCCCCC)OC(=O)NCCCOC(C)(C)COC(C)(C)C. The summed E-state index contributed by atoms with van der Waals surface area (Å²) in [5, 5.41) is 2.98. The number of rotatable bonds is 35. The summed E-state index contributed by atoms with van der Waals surface area (Å²) < 4.78 is 17.9. The molecule has 0 aliphatic carbocycles. The second-order valence-electron chi connectivity index (χ2n) is 16.0. The Bertz CT molecular complexity index is 660. The van der Waals surface area contributed by atoms with Crippen molar-refractivity contribution in [2.45, 2.75) is 246 Å². The van der Waals surface area contributed by atoms with Gasteiger partial charge in [0.15, 0.2) is 0 Å². The number of hydrogen-bond acceptors (Lipinski definition) is 4. The third-order valence-corrected chi connectivity index (χ3v) is 9.22. The first-order valence-corrected chi connectivity index (χ1v) is 20.8. The molecule has 0 bridgehead atoms. The monoisotopic (exact) mass is 668 g/mol. The first-order valence-electron chi connectivity index (χ1n) is 20.8. The topological polar surface area (TPSA) is 56.8 Å². The third kappa shape index (κ3) is 36.3. The summed E-state index contributed by atoms with van der Waals surface area (Å²) in [4.78, 5) is 12.7. The first kappa shape index (κ1) is 46.2. The number of alkyl carbamates (subject to hydrolysis) is 1. The highest BCUT2D eigenvalue weighted by atomic mass is 16.6. The fraction of sp³-hybridized carbons (Fsp3) is 0.976. The maximum absolute atomic E-state index is 12.7. The van der Waals surface area contributed by atoms with Gasteiger partial charge in [0.05, 0.1) is 17.8 Å². The normalized spacial score (nSPS) is 12.8. The highest BCUT2D eigenvalue weighted by Gasteiger charge is 2.22. The Morgan fingerprint density at radius 2 is 0.872 bits per heavy atom. The van der Waals surface area contributed by atoms with E-state index in [9.17, 15) is 4.79 Å². The van der Waals surface area contributed by atoms with Crippen LogP contribution in [-0.2, 0) is 14.2 Å². The fourth-order valence-electron chi connectivity index (χ4n) is 6.10. The minimum Gasteiger partial charge on any atom is -0.446 e. The van der Waals surface area contributed by atoms with Gasteiger partial charge in [-0.3, -0.25) is 0 Å². The molecule has 0 saturated heterocycles. The Morgan fingerprint density at radius 3 is 1.23 bits per heavy atom. The van der Waals surface area contributed by atoms with E-state index in [1.165, 1.54) is 148 Å². The van der Waals surface area contributed by atoms with E-state index in [1.807, 2.05) is 0 Å². The summed E-state index contributed by atoms with van der Waals surface area (Å²) in [6, 6.07) is 0. The van der Waals surface area contributed by atoms with Crippen LogP contribution in [0.1, 0.15) is 228 Å². The number of carbonyl (C=O) groups is 1. The van der Waals surface area contributed by atoms with E-state index in [4.69, 9.17) is 14.2 Å². The van der Waals surface area contributed by atoms with Crippen LogP contribution in [0.4, 0.5) is 4.79 Å². The molecular formula is C42H85NO4. The Morgan fingerprint density at radius 1 is 0.511 bits per heavy atom. The van der Waals surface area contributed by atoms with Gasteiger partial charge in [-0.15, -0.1) is 0 Å². The molecule has 0 aliphatic rings. The van der Waals surface area contributed by atoms with Crippen LogP contribution < -0.4 is 5.32 Å². The molecule has 0 aromatic heterocycles. The summed E-state index contributed by atoms with van der Waals surface area (Å²) in [6.07, 6.45) is 36.4. The van der Waals surface area contributed by atoms with Crippen LogP contribution in [-0.4, -0.2) is 43.2 Å². The summed E-state index contributed by atoms with van der Waals surface area (Å²) in [5.74, 6) is 0. The van der Waals surface area contributed by atoms with Gasteiger partial charge in [0, 0.05) is 13.2 Å². The fourth-order valence-corrected chi connectivity index (χ4v) is 6.10. The second-order valence-corrected chi connectivity index (χ2v) is 16.0. The molecule has 0 radical (unpaired) electrons. The molecule has 5 nitrogen and oxygen atoms in total. The molecule has 0 rings (SSSR count). The molecule has 0 aromatic carbocycles. The van der Waals surface area contributed by atoms with Gasteiger partial charge in [-0.2, -0.15) is 0 Å². The Labute approximate surface area is 295 Å². The summed E-state index contributed by atoms with van der Waals surface area (Å²) in [7, 11) is 0. The van der Waals surface area contributed by atoms with Crippen molar-refractivity contribution < 1.29 is 19.0 Å². The third-order valence-electron chi connectivity index (χ3n) is 9.22. The summed E-state index contributed by atoms with van der Waals surface area (Å²) in [6.45, 7) is 16.6. The lowest BCUT2D eigenvalue weighted by atomic mass is 10.0. The van der Waals surface area contributed by atoms with Gasteiger partial charge >= 0.3 is 6.09 Å². The van der Waals surface area contributed by atoms with Gasteiger partial charge in [-0.25, -0.2) is 4.79 Å². The smallest absolute Gasteiger partial charge is 0.407 e. The molecule has 1 unspecified atom stereocenters. The molecule has 0 fully saturated rings. The Balaban J connectivity index is 4.25. The van der Waals surface area contributed by atoms with Crippen molar-refractivity contribution in [1.29, 1.82) is 0 Å². The molecule has 1 N–H and O–H groups in total. The van der Waals surface area contributed by atoms with Crippen LogP contribution in [0.25, 0.3) is 0 Å². The zero-order valence-electron chi connectivity index (χ0n) is 33.1. The van der Waals surface area contributed by atoms with E-state index in [1.54, 1.807) is 0 Å². The van der Waals surface area contributed by atoms with Crippen molar-refractivity contribution in [3.8, 4) is 0 Å². The highest BCUT2D eigenvalue weighted by Crippen LogP contribution is 2.19. The van der Waals surface area contributed by atoms with Crippen LogP contribution in [0, 0.1) is 0 Å².